The van der Waals surface area contributed by atoms with Crippen LogP contribution in [0, 0.1) is 5.82 Å². The number of aliphatic carboxylic acids is 1. The summed E-state index contributed by atoms with van der Waals surface area (Å²) in [4.78, 5) is 12.9. The summed E-state index contributed by atoms with van der Waals surface area (Å²) in [5, 5.41) is 8.98. The Morgan fingerprint density at radius 2 is 2.28 bits per heavy atom. The number of hydrogen-bond acceptors (Lipinski definition) is 2. The van der Waals surface area contributed by atoms with Gasteiger partial charge in [-0.3, -0.25) is 9.69 Å². The summed E-state index contributed by atoms with van der Waals surface area (Å²) in [7, 11) is 0. The Bertz CT molecular complexity index is 459. The monoisotopic (exact) mass is 251 g/mol. The van der Waals surface area contributed by atoms with Crippen LogP contribution in [-0.2, 0) is 11.2 Å². The van der Waals surface area contributed by atoms with Crippen molar-refractivity contribution in [1.82, 2.24) is 4.90 Å². The van der Waals surface area contributed by atoms with Crippen molar-refractivity contribution in [3.05, 3.63) is 35.1 Å². The fourth-order valence-corrected chi connectivity index (χ4v) is 2.72. The summed E-state index contributed by atoms with van der Waals surface area (Å²) >= 11 is 0. The molecule has 1 N–H and O–H groups in total. The molecule has 0 fully saturated rings. The highest BCUT2D eigenvalue weighted by atomic mass is 19.1. The summed E-state index contributed by atoms with van der Waals surface area (Å²) in [6, 6.07) is 5.06. The molecule has 0 saturated carbocycles. The number of hydrogen-bond donors (Lipinski definition) is 1. The molecule has 0 heterocycles. The number of rotatable bonds is 4. The van der Waals surface area contributed by atoms with E-state index >= 15 is 0 Å². The molecule has 0 radical (unpaired) electrons. The molecule has 0 aliphatic heterocycles. The number of halogens is 1. The average Bonchev–Trinajstić information content (AvgIpc) is 2.67. The average molecular weight is 251 g/mol. The highest BCUT2D eigenvalue weighted by molar-refractivity contribution is 5.69. The minimum absolute atomic E-state index is 0.0269. The highest BCUT2D eigenvalue weighted by Gasteiger charge is 2.30. The molecular formula is C14H18FNO2. The van der Waals surface area contributed by atoms with Gasteiger partial charge in [0, 0.05) is 12.1 Å². The molecule has 3 nitrogen and oxygen atoms in total. The van der Waals surface area contributed by atoms with Crippen LogP contribution in [0.15, 0.2) is 18.2 Å². The first kappa shape index (κ1) is 13.0. The summed E-state index contributed by atoms with van der Waals surface area (Å²) in [5.74, 6) is -1.04. The van der Waals surface area contributed by atoms with Crippen LogP contribution in [-0.4, -0.2) is 28.6 Å². The zero-order chi connectivity index (χ0) is 13.3. The van der Waals surface area contributed by atoms with Crippen molar-refractivity contribution in [3.8, 4) is 0 Å². The number of carbonyl (C=O) groups is 1. The van der Waals surface area contributed by atoms with Crippen molar-refractivity contribution in [2.75, 3.05) is 6.54 Å². The molecule has 1 aliphatic carbocycles. The van der Waals surface area contributed by atoms with Crippen LogP contribution in [0.1, 0.15) is 37.4 Å². The summed E-state index contributed by atoms with van der Waals surface area (Å²) < 4.78 is 13.2. The number of fused-ring (bicyclic) bond motifs is 1. The van der Waals surface area contributed by atoms with Crippen molar-refractivity contribution < 1.29 is 14.3 Å². The quantitative estimate of drug-likeness (QED) is 0.894. The molecule has 1 unspecified atom stereocenters. The zero-order valence-electron chi connectivity index (χ0n) is 10.7. The van der Waals surface area contributed by atoms with Gasteiger partial charge in [-0.15, -0.1) is 0 Å². The molecular weight excluding hydrogens is 233 g/mol. The SMILES string of the molecule is CC(C)N(CC(=O)O)C1CCc2cc(F)ccc21. The van der Waals surface area contributed by atoms with Crippen LogP contribution in [0.3, 0.4) is 0 Å². The van der Waals surface area contributed by atoms with Gasteiger partial charge in [-0.1, -0.05) is 6.07 Å². The van der Waals surface area contributed by atoms with E-state index < -0.39 is 5.97 Å². The molecule has 0 spiro atoms. The van der Waals surface area contributed by atoms with Gasteiger partial charge in [-0.25, -0.2) is 4.39 Å². The van der Waals surface area contributed by atoms with E-state index in [1.54, 1.807) is 12.1 Å². The molecule has 1 atom stereocenters. The molecule has 18 heavy (non-hydrogen) atoms. The second-order valence-electron chi connectivity index (χ2n) is 5.06. The smallest absolute Gasteiger partial charge is 0.317 e. The molecule has 1 aromatic carbocycles. The Balaban J connectivity index is 2.27. The van der Waals surface area contributed by atoms with E-state index in [4.69, 9.17) is 5.11 Å². The van der Waals surface area contributed by atoms with Crippen molar-refractivity contribution in [2.45, 2.75) is 38.8 Å². The lowest BCUT2D eigenvalue weighted by molar-refractivity contribution is -0.139. The second kappa shape index (κ2) is 5.06. The maximum absolute atomic E-state index is 13.2. The largest absolute Gasteiger partial charge is 0.480 e. The molecule has 0 amide bonds. The fraction of sp³-hybridized carbons (Fsp3) is 0.500. The first-order valence-electron chi connectivity index (χ1n) is 6.25. The third-order valence-corrected chi connectivity index (χ3v) is 3.53. The third-order valence-electron chi connectivity index (χ3n) is 3.53. The first-order valence-corrected chi connectivity index (χ1v) is 6.25. The van der Waals surface area contributed by atoms with Crippen LogP contribution in [0.25, 0.3) is 0 Å². The zero-order valence-corrected chi connectivity index (χ0v) is 10.7. The minimum Gasteiger partial charge on any atom is -0.480 e. The lowest BCUT2D eigenvalue weighted by atomic mass is 10.1. The second-order valence-corrected chi connectivity index (χ2v) is 5.06. The van der Waals surface area contributed by atoms with E-state index in [9.17, 15) is 9.18 Å². The van der Waals surface area contributed by atoms with E-state index in [0.29, 0.717) is 0 Å². The Labute approximate surface area is 106 Å². The van der Waals surface area contributed by atoms with Crippen LogP contribution in [0.5, 0.6) is 0 Å². The maximum Gasteiger partial charge on any atom is 0.317 e. The van der Waals surface area contributed by atoms with Crippen LogP contribution in [0.4, 0.5) is 4.39 Å². The predicted molar refractivity (Wildman–Crippen MR) is 66.9 cm³/mol. The summed E-state index contributed by atoms with van der Waals surface area (Å²) in [6.45, 7) is 4.01. The van der Waals surface area contributed by atoms with Gasteiger partial charge < -0.3 is 5.11 Å². The van der Waals surface area contributed by atoms with Gasteiger partial charge in [-0.2, -0.15) is 0 Å². The Kier molecular flexibility index (Phi) is 3.66. The minimum atomic E-state index is -0.820. The first-order chi connectivity index (χ1) is 8.49. The molecule has 0 aromatic heterocycles. The fourth-order valence-electron chi connectivity index (χ4n) is 2.72. The Hall–Kier alpha value is -1.42. The standard InChI is InChI=1S/C14H18FNO2/c1-9(2)16(8-14(17)18)13-6-3-10-7-11(15)4-5-12(10)13/h4-5,7,9,13H,3,6,8H2,1-2H3,(H,17,18). The lowest BCUT2D eigenvalue weighted by Gasteiger charge is -2.31. The van der Waals surface area contributed by atoms with Gasteiger partial charge in [0.2, 0.25) is 0 Å². The van der Waals surface area contributed by atoms with E-state index in [-0.39, 0.29) is 24.4 Å². The van der Waals surface area contributed by atoms with Crippen molar-refractivity contribution >= 4 is 5.97 Å². The summed E-state index contributed by atoms with van der Waals surface area (Å²) in [5.41, 5.74) is 2.09. The lowest BCUT2D eigenvalue weighted by Crippen LogP contribution is -2.38. The van der Waals surface area contributed by atoms with E-state index in [0.717, 1.165) is 24.0 Å². The van der Waals surface area contributed by atoms with Gasteiger partial charge in [0.05, 0.1) is 6.54 Å². The number of carboxylic acid groups (broad SMARTS) is 1. The Morgan fingerprint density at radius 1 is 1.56 bits per heavy atom. The van der Waals surface area contributed by atoms with Gasteiger partial charge >= 0.3 is 5.97 Å². The molecule has 4 heteroatoms. The van der Waals surface area contributed by atoms with Gasteiger partial charge in [0.15, 0.2) is 0 Å². The Morgan fingerprint density at radius 3 is 2.89 bits per heavy atom. The molecule has 1 aliphatic rings. The van der Waals surface area contributed by atoms with Crippen LogP contribution in [0.2, 0.25) is 0 Å². The normalized spacial score (nSPS) is 18.4. The van der Waals surface area contributed by atoms with Crippen molar-refractivity contribution in [1.29, 1.82) is 0 Å². The number of aryl methyl sites for hydroxylation is 1. The van der Waals surface area contributed by atoms with E-state index in [1.165, 1.54) is 6.07 Å². The highest BCUT2D eigenvalue weighted by Crippen LogP contribution is 2.36. The third kappa shape index (κ3) is 2.53. The van der Waals surface area contributed by atoms with Crippen LogP contribution >= 0.6 is 0 Å². The topological polar surface area (TPSA) is 40.5 Å². The molecule has 0 bridgehead atoms. The van der Waals surface area contributed by atoms with E-state index in [2.05, 4.69) is 0 Å². The van der Waals surface area contributed by atoms with Crippen molar-refractivity contribution in [2.24, 2.45) is 0 Å². The molecule has 0 saturated heterocycles. The van der Waals surface area contributed by atoms with Gasteiger partial charge in [0.1, 0.15) is 5.82 Å². The van der Waals surface area contributed by atoms with Crippen LogP contribution < -0.4 is 0 Å². The predicted octanol–water partition coefficient (Wildman–Crippen LogP) is 2.61. The summed E-state index contributed by atoms with van der Waals surface area (Å²) in [6.07, 6.45) is 1.69. The number of carboxylic acids is 1. The van der Waals surface area contributed by atoms with E-state index in [1.807, 2.05) is 18.7 Å². The maximum atomic E-state index is 13.2. The van der Waals surface area contributed by atoms with Gasteiger partial charge in [0.25, 0.3) is 0 Å². The molecule has 98 valence electrons. The molecule has 2 rings (SSSR count). The van der Waals surface area contributed by atoms with Gasteiger partial charge in [-0.05, 0) is 49.9 Å². The van der Waals surface area contributed by atoms with Crippen molar-refractivity contribution in [3.63, 3.8) is 0 Å². The number of benzene rings is 1. The number of nitrogens with zero attached hydrogens (tertiary/aromatic N) is 1. The molecule has 1 aromatic rings.